The highest BCUT2D eigenvalue weighted by atomic mass is 16.5. The number of ether oxygens (including phenoxy) is 1. The van der Waals surface area contributed by atoms with Crippen LogP contribution in [0, 0.1) is 5.92 Å². The number of barbiturate groups is 1. The maximum atomic E-state index is 11.7. The molecular formula is C11H14N2O5. The average Bonchev–Trinajstić information content (AvgIpc) is 2.37. The first-order chi connectivity index (χ1) is 8.40. The summed E-state index contributed by atoms with van der Waals surface area (Å²) < 4.78 is 4.38. The Labute approximate surface area is 104 Å². The van der Waals surface area contributed by atoms with Crippen LogP contribution in [0.1, 0.15) is 6.42 Å². The van der Waals surface area contributed by atoms with Crippen LogP contribution in [0.2, 0.25) is 0 Å². The lowest BCUT2D eigenvalue weighted by atomic mass is 10.00. The highest BCUT2D eigenvalue weighted by molar-refractivity contribution is 6.15. The quantitative estimate of drug-likeness (QED) is 0.394. The van der Waals surface area contributed by atoms with Gasteiger partial charge in [0.2, 0.25) is 11.8 Å². The summed E-state index contributed by atoms with van der Waals surface area (Å²) in [6.07, 6.45) is 2.56. The number of rotatable bonds is 3. The molecule has 98 valence electrons. The van der Waals surface area contributed by atoms with Crippen molar-refractivity contribution in [2.45, 2.75) is 6.42 Å². The number of carbonyl (C=O) groups excluding carboxylic acids is 4. The summed E-state index contributed by atoms with van der Waals surface area (Å²) in [5.74, 6) is -2.68. The Balaban J connectivity index is 2.78. The molecule has 0 radical (unpaired) electrons. The molecule has 0 N–H and O–H groups in total. The molecule has 1 aliphatic rings. The molecule has 18 heavy (non-hydrogen) atoms. The van der Waals surface area contributed by atoms with E-state index in [1.165, 1.54) is 27.3 Å². The van der Waals surface area contributed by atoms with Crippen molar-refractivity contribution >= 4 is 23.8 Å². The normalized spacial score (nSPS) is 17.8. The van der Waals surface area contributed by atoms with E-state index in [2.05, 4.69) is 4.74 Å². The van der Waals surface area contributed by atoms with Gasteiger partial charge in [0.25, 0.3) is 0 Å². The minimum atomic E-state index is -0.974. The third-order valence-electron chi connectivity index (χ3n) is 2.66. The van der Waals surface area contributed by atoms with Crippen LogP contribution >= 0.6 is 0 Å². The van der Waals surface area contributed by atoms with Gasteiger partial charge in [0.05, 0.1) is 7.11 Å². The Morgan fingerprint density at radius 1 is 1.22 bits per heavy atom. The molecule has 0 saturated carbocycles. The standard InChI is InChI=1S/C11H14N2O5/c1-12-9(15)7(5-4-6-8(14)18-3)10(16)13(2)11(12)17/h4,6-7H,5H2,1-3H3. The molecule has 0 aliphatic carbocycles. The van der Waals surface area contributed by atoms with Crippen LogP contribution in [-0.2, 0) is 19.1 Å². The Hall–Kier alpha value is -2.18. The number of amides is 4. The summed E-state index contributed by atoms with van der Waals surface area (Å²) in [7, 11) is 3.85. The first-order valence-corrected chi connectivity index (χ1v) is 5.23. The second-order valence-electron chi connectivity index (χ2n) is 3.79. The molecule has 7 heteroatoms. The van der Waals surface area contributed by atoms with Crippen molar-refractivity contribution in [2.24, 2.45) is 5.92 Å². The number of nitrogens with zero attached hydrogens (tertiary/aromatic N) is 2. The Bertz CT molecular complexity index is 405. The smallest absolute Gasteiger partial charge is 0.332 e. The summed E-state index contributed by atoms with van der Waals surface area (Å²) in [6.45, 7) is 0. The average molecular weight is 254 g/mol. The van der Waals surface area contributed by atoms with Gasteiger partial charge in [-0.15, -0.1) is 0 Å². The molecule has 0 unspecified atom stereocenters. The van der Waals surface area contributed by atoms with Crippen LogP contribution in [-0.4, -0.2) is 54.8 Å². The molecule has 1 heterocycles. The van der Waals surface area contributed by atoms with E-state index in [4.69, 9.17) is 0 Å². The van der Waals surface area contributed by atoms with Gasteiger partial charge >= 0.3 is 12.0 Å². The van der Waals surface area contributed by atoms with Gasteiger partial charge in [-0.25, -0.2) is 9.59 Å². The zero-order chi connectivity index (χ0) is 13.9. The zero-order valence-corrected chi connectivity index (χ0v) is 10.4. The van der Waals surface area contributed by atoms with Crippen LogP contribution < -0.4 is 0 Å². The first-order valence-electron chi connectivity index (χ1n) is 5.23. The lowest BCUT2D eigenvalue weighted by Crippen LogP contribution is -2.56. The van der Waals surface area contributed by atoms with Crippen LogP contribution in [0.15, 0.2) is 12.2 Å². The third-order valence-corrected chi connectivity index (χ3v) is 2.66. The maximum absolute atomic E-state index is 11.7. The first kappa shape index (κ1) is 13.9. The van der Waals surface area contributed by atoms with Crippen molar-refractivity contribution in [1.29, 1.82) is 0 Å². The molecule has 0 aromatic carbocycles. The van der Waals surface area contributed by atoms with Gasteiger partial charge in [-0.2, -0.15) is 0 Å². The summed E-state index contributed by atoms with van der Waals surface area (Å²) >= 11 is 0. The minimum absolute atomic E-state index is 0.0503. The van der Waals surface area contributed by atoms with Gasteiger partial charge in [-0.1, -0.05) is 6.08 Å². The van der Waals surface area contributed by atoms with E-state index in [1.807, 2.05) is 0 Å². The fraction of sp³-hybridized carbons (Fsp3) is 0.455. The van der Waals surface area contributed by atoms with E-state index in [-0.39, 0.29) is 6.42 Å². The number of urea groups is 1. The van der Waals surface area contributed by atoms with E-state index in [0.717, 1.165) is 15.9 Å². The van der Waals surface area contributed by atoms with Crippen LogP contribution in [0.4, 0.5) is 4.79 Å². The molecule has 0 spiro atoms. The highest BCUT2D eigenvalue weighted by Crippen LogP contribution is 2.18. The lowest BCUT2D eigenvalue weighted by Gasteiger charge is -2.32. The molecule has 1 rings (SSSR count). The van der Waals surface area contributed by atoms with Gasteiger partial charge in [0, 0.05) is 20.2 Å². The molecule has 0 bridgehead atoms. The number of allylic oxidation sites excluding steroid dienone is 1. The summed E-state index contributed by atoms with van der Waals surface area (Å²) in [5, 5.41) is 0. The highest BCUT2D eigenvalue weighted by Gasteiger charge is 2.41. The van der Waals surface area contributed by atoms with E-state index in [1.54, 1.807) is 0 Å². The van der Waals surface area contributed by atoms with Crippen molar-refractivity contribution in [3.63, 3.8) is 0 Å². The van der Waals surface area contributed by atoms with Crippen molar-refractivity contribution in [2.75, 3.05) is 21.2 Å². The number of hydrogen-bond donors (Lipinski definition) is 0. The number of esters is 1. The zero-order valence-electron chi connectivity index (χ0n) is 10.4. The summed E-state index contributed by atoms with van der Waals surface area (Å²) in [6, 6.07) is -0.654. The van der Waals surface area contributed by atoms with Gasteiger partial charge in [0.1, 0.15) is 5.92 Å². The minimum Gasteiger partial charge on any atom is -0.466 e. The molecular weight excluding hydrogens is 240 g/mol. The van der Waals surface area contributed by atoms with Crippen molar-refractivity contribution in [1.82, 2.24) is 9.80 Å². The van der Waals surface area contributed by atoms with E-state index >= 15 is 0 Å². The maximum Gasteiger partial charge on any atom is 0.332 e. The molecule has 1 saturated heterocycles. The summed E-state index contributed by atoms with van der Waals surface area (Å²) in [4.78, 5) is 47.5. The van der Waals surface area contributed by atoms with Gasteiger partial charge in [-0.05, 0) is 6.42 Å². The van der Waals surface area contributed by atoms with Crippen LogP contribution in [0.25, 0.3) is 0 Å². The van der Waals surface area contributed by atoms with Gasteiger partial charge in [0.15, 0.2) is 0 Å². The molecule has 0 atom stereocenters. The van der Waals surface area contributed by atoms with Crippen molar-refractivity contribution < 1.29 is 23.9 Å². The second kappa shape index (κ2) is 5.44. The van der Waals surface area contributed by atoms with Gasteiger partial charge < -0.3 is 4.74 Å². The lowest BCUT2D eigenvalue weighted by molar-refractivity contribution is -0.147. The van der Waals surface area contributed by atoms with E-state index in [0.29, 0.717) is 0 Å². The Morgan fingerprint density at radius 3 is 2.17 bits per heavy atom. The SMILES string of the molecule is COC(=O)C=CCC1C(=O)N(C)C(=O)N(C)C1=O. The van der Waals surface area contributed by atoms with Crippen LogP contribution in [0.3, 0.4) is 0 Å². The van der Waals surface area contributed by atoms with Crippen molar-refractivity contribution in [3.05, 3.63) is 12.2 Å². The van der Waals surface area contributed by atoms with Crippen molar-refractivity contribution in [3.8, 4) is 0 Å². The fourth-order valence-electron chi connectivity index (χ4n) is 1.56. The van der Waals surface area contributed by atoms with Crippen LogP contribution in [0.5, 0.6) is 0 Å². The predicted molar refractivity (Wildman–Crippen MR) is 60.2 cm³/mol. The topological polar surface area (TPSA) is 84.0 Å². The monoisotopic (exact) mass is 254 g/mol. The summed E-state index contributed by atoms with van der Waals surface area (Å²) in [5.41, 5.74) is 0. The molecule has 1 aliphatic heterocycles. The third kappa shape index (κ3) is 2.55. The van der Waals surface area contributed by atoms with Gasteiger partial charge in [-0.3, -0.25) is 19.4 Å². The molecule has 4 amide bonds. The second-order valence-corrected chi connectivity index (χ2v) is 3.79. The van der Waals surface area contributed by atoms with E-state index in [9.17, 15) is 19.2 Å². The number of hydrogen-bond acceptors (Lipinski definition) is 5. The largest absolute Gasteiger partial charge is 0.466 e. The fourth-order valence-corrected chi connectivity index (χ4v) is 1.56. The number of imide groups is 2. The predicted octanol–water partition coefficient (Wildman–Crippen LogP) is -0.228. The molecule has 0 aromatic heterocycles. The number of methoxy groups -OCH3 is 1. The molecule has 1 fully saturated rings. The number of carbonyl (C=O) groups is 4. The Morgan fingerprint density at radius 2 is 1.72 bits per heavy atom. The van der Waals surface area contributed by atoms with E-state index < -0.39 is 29.7 Å². The molecule has 0 aromatic rings. The molecule has 7 nitrogen and oxygen atoms in total. The Kier molecular flexibility index (Phi) is 4.19.